The van der Waals surface area contributed by atoms with E-state index in [0.29, 0.717) is 0 Å². The lowest BCUT2D eigenvalue weighted by molar-refractivity contribution is 0.0376. The average molecular weight is 263 g/mol. The second-order valence-electron chi connectivity index (χ2n) is 5.38. The van der Waals surface area contributed by atoms with Crippen molar-refractivity contribution in [3.63, 3.8) is 0 Å². The lowest BCUT2D eigenvalue weighted by Crippen LogP contribution is -2.49. The summed E-state index contributed by atoms with van der Waals surface area (Å²) in [6.07, 6.45) is 4.06. The van der Waals surface area contributed by atoms with E-state index in [0.717, 1.165) is 45.5 Å². The molecule has 1 saturated heterocycles. The Morgan fingerprint density at radius 2 is 1.95 bits per heavy atom. The van der Waals surface area contributed by atoms with E-state index in [1.807, 2.05) is 0 Å². The molecule has 1 aliphatic heterocycles. The molecule has 19 heavy (non-hydrogen) atoms. The van der Waals surface area contributed by atoms with Crippen LogP contribution in [-0.4, -0.2) is 33.0 Å². The van der Waals surface area contributed by atoms with Gasteiger partial charge in [0.15, 0.2) is 0 Å². The van der Waals surface area contributed by atoms with Gasteiger partial charge in [0.05, 0.1) is 0 Å². The first-order chi connectivity index (χ1) is 9.29. The molecular weight excluding hydrogens is 238 g/mol. The zero-order valence-corrected chi connectivity index (χ0v) is 11.8. The molecule has 0 amide bonds. The van der Waals surface area contributed by atoms with Gasteiger partial charge in [0, 0.05) is 38.4 Å². The van der Waals surface area contributed by atoms with Crippen molar-refractivity contribution in [1.82, 2.24) is 0 Å². The van der Waals surface area contributed by atoms with Crippen LogP contribution in [0.1, 0.15) is 31.2 Å². The van der Waals surface area contributed by atoms with Crippen LogP contribution in [0.2, 0.25) is 0 Å². The molecule has 0 spiro atoms. The molecule has 1 aromatic rings. The van der Waals surface area contributed by atoms with Gasteiger partial charge in [-0.1, -0.05) is 30.3 Å². The van der Waals surface area contributed by atoms with Gasteiger partial charge in [0.25, 0.3) is 0 Å². The van der Waals surface area contributed by atoms with Gasteiger partial charge >= 0.3 is 0 Å². The van der Waals surface area contributed by atoms with Crippen LogP contribution in [0.4, 0.5) is 0 Å². The van der Waals surface area contributed by atoms with Crippen molar-refractivity contribution in [3.05, 3.63) is 35.9 Å². The van der Waals surface area contributed by atoms with Crippen molar-refractivity contribution in [2.45, 2.75) is 37.1 Å². The van der Waals surface area contributed by atoms with E-state index in [1.54, 1.807) is 7.11 Å². The lowest BCUT2D eigenvalue weighted by atomic mass is 9.68. The van der Waals surface area contributed by atoms with E-state index >= 15 is 0 Å². The monoisotopic (exact) mass is 263 g/mol. The van der Waals surface area contributed by atoms with Crippen molar-refractivity contribution in [1.29, 1.82) is 0 Å². The molecule has 2 rings (SSSR count). The molecule has 1 unspecified atom stereocenters. The quantitative estimate of drug-likeness (QED) is 0.802. The molecule has 0 aliphatic carbocycles. The van der Waals surface area contributed by atoms with Gasteiger partial charge in [-0.25, -0.2) is 0 Å². The Labute approximate surface area is 116 Å². The second kappa shape index (κ2) is 7.04. The molecule has 0 saturated carbocycles. The van der Waals surface area contributed by atoms with Crippen LogP contribution in [-0.2, 0) is 14.9 Å². The summed E-state index contributed by atoms with van der Waals surface area (Å²) in [6.45, 7) is 2.41. The van der Waals surface area contributed by atoms with Crippen LogP contribution in [0.15, 0.2) is 30.3 Å². The number of ether oxygens (including phenoxy) is 2. The highest BCUT2D eigenvalue weighted by molar-refractivity contribution is 5.28. The van der Waals surface area contributed by atoms with E-state index in [9.17, 15) is 0 Å². The molecule has 0 aromatic heterocycles. The Bertz CT molecular complexity index is 360. The summed E-state index contributed by atoms with van der Waals surface area (Å²) in [7, 11) is 1.74. The topological polar surface area (TPSA) is 44.5 Å². The maximum absolute atomic E-state index is 6.55. The first-order valence-electron chi connectivity index (χ1n) is 7.17. The van der Waals surface area contributed by atoms with Crippen LogP contribution < -0.4 is 5.73 Å². The Morgan fingerprint density at radius 3 is 2.58 bits per heavy atom. The molecule has 1 heterocycles. The Morgan fingerprint density at radius 1 is 1.26 bits per heavy atom. The number of methoxy groups -OCH3 is 1. The van der Waals surface area contributed by atoms with Crippen LogP contribution in [0.3, 0.4) is 0 Å². The van der Waals surface area contributed by atoms with Crippen LogP contribution >= 0.6 is 0 Å². The van der Waals surface area contributed by atoms with E-state index < -0.39 is 0 Å². The standard InChI is InChI=1S/C16H25NO2/c1-18-11-5-8-15(17)16(9-12-19-13-10-16)14-6-3-2-4-7-14/h2-4,6-7,15H,5,8-13,17H2,1H3. The van der Waals surface area contributed by atoms with Gasteiger partial charge in [-0.3, -0.25) is 0 Å². The summed E-state index contributed by atoms with van der Waals surface area (Å²) in [5.74, 6) is 0. The highest BCUT2D eigenvalue weighted by Crippen LogP contribution is 2.38. The van der Waals surface area contributed by atoms with Gasteiger partial charge in [0.1, 0.15) is 0 Å². The highest BCUT2D eigenvalue weighted by Gasteiger charge is 2.39. The summed E-state index contributed by atoms with van der Waals surface area (Å²) in [4.78, 5) is 0. The minimum Gasteiger partial charge on any atom is -0.385 e. The smallest absolute Gasteiger partial charge is 0.0475 e. The fourth-order valence-corrected chi connectivity index (χ4v) is 3.10. The van der Waals surface area contributed by atoms with Gasteiger partial charge < -0.3 is 15.2 Å². The van der Waals surface area contributed by atoms with Crippen LogP contribution in [0.5, 0.6) is 0 Å². The van der Waals surface area contributed by atoms with E-state index in [4.69, 9.17) is 15.2 Å². The minimum atomic E-state index is 0.0766. The van der Waals surface area contributed by atoms with Crippen molar-refractivity contribution in [2.24, 2.45) is 5.73 Å². The molecule has 1 aliphatic rings. The fraction of sp³-hybridized carbons (Fsp3) is 0.625. The first kappa shape index (κ1) is 14.5. The average Bonchev–Trinajstić information content (AvgIpc) is 2.49. The Hall–Kier alpha value is -0.900. The SMILES string of the molecule is COCCCC(N)C1(c2ccccc2)CCOCC1. The number of hydrogen-bond acceptors (Lipinski definition) is 3. The zero-order chi connectivity index (χ0) is 13.6. The van der Waals surface area contributed by atoms with E-state index in [2.05, 4.69) is 30.3 Å². The number of nitrogens with two attached hydrogens (primary N) is 1. The predicted octanol–water partition coefficient (Wildman–Crippen LogP) is 2.49. The fourth-order valence-electron chi connectivity index (χ4n) is 3.10. The molecule has 3 heteroatoms. The van der Waals surface area contributed by atoms with Crippen LogP contribution in [0.25, 0.3) is 0 Å². The summed E-state index contributed by atoms with van der Waals surface area (Å²) >= 11 is 0. The van der Waals surface area contributed by atoms with Crippen LogP contribution in [0, 0.1) is 0 Å². The minimum absolute atomic E-state index is 0.0766. The van der Waals surface area contributed by atoms with Crippen molar-refractivity contribution in [2.75, 3.05) is 26.9 Å². The number of benzene rings is 1. The van der Waals surface area contributed by atoms with Crippen molar-refractivity contribution in [3.8, 4) is 0 Å². The van der Waals surface area contributed by atoms with Crippen molar-refractivity contribution >= 4 is 0 Å². The van der Waals surface area contributed by atoms with Crippen molar-refractivity contribution < 1.29 is 9.47 Å². The lowest BCUT2D eigenvalue weighted by Gasteiger charge is -2.42. The van der Waals surface area contributed by atoms with Gasteiger partial charge in [-0.15, -0.1) is 0 Å². The Balaban J connectivity index is 2.15. The third-order valence-corrected chi connectivity index (χ3v) is 4.31. The number of hydrogen-bond donors (Lipinski definition) is 1. The molecular formula is C16H25NO2. The summed E-state index contributed by atoms with van der Waals surface area (Å²) in [5.41, 5.74) is 7.99. The largest absolute Gasteiger partial charge is 0.385 e. The number of rotatable bonds is 6. The normalized spacial score (nSPS) is 20.1. The zero-order valence-electron chi connectivity index (χ0n) is 11.8. The molecule has 0 radical (unpaired) electrons. The Kier molecular flexibility index (Phi) is 5.37. The van der Waals surface area contributed by atoms with Gasteiger partial charge in [0.2, 0.25) is 0 Å². The molecule has 1 atom stereocenters. The highest BCUT2D eigenvalue weighted by atomic mass is 16.5. The maximum atomic E-state index is 6.55. The second-order valence-corrected chi connectivity index (χ2v) is 5.38. The van der Waals surface area contributed by atoms with Gasteiger partial charge in [-0.05, 0) is 31.2 Å². The maximum Gasteiger partial charge on any atom is 0.0475 e. The first-order valence-corrected chi connectivity index (χ1v) is 7.17. The van der Waals surface area contributed by atoms with E-state index in [-0.39, 0.29) is 11.5 Å². The molecule has 3 nitrogen and oxygen atoms in total. The molecule has 1 fully saturated rings. The molecule has 0 bridgehead atoms. The van der Waals surface area contributed by atoms with Gasteiger partial charge in [-0.2, -0.15) is 0 Å². The molecule has 106 valence electrons. The summed E-state index contributed by atoms with van der Waals surface area (Å²) < 4.78 is 10.7. The molecule has 1 aromatic carbocycles. The predicted molar refractivity (Wildman–Crippen MR) is 77.3 cm³/mol. The third kappa shape index (κ3) is 3.35. The molecule has 2 N–H and O–H groups in total. The van der Waals surface area contributed by atoms with E-state index in [1.165, 1.54) is 5.56 Å². The summed E-state index contributed by atoms with van der Waals surface area (Å²) in [5, 5.41) is 0. The summed E-state index contributed by atoms with van der Waals surface area (Å²) in [6, 6.07) is 10.9. The third-order valence-electron chi connectivity index (χ3n) is 4.31.